The van der Waals surface area contributed by atoms with E-state index in [2.05, 4.69) is 85.0 Å². The Labute approximate surface area is 149 Å². The number of rotatable bonds is 1. The van der Waals surface area contributed by atoms with E-state index < -0.39 is 0 Å². The zero-order valence-corrected chi connectivity index (χ0v) is 15.2. The molecule has 1 aromatic heterocycles. The maximum absolute atomic E-state index is 2.55. The summed E-state index contributed by atoms with van der Waals surface area (Å²) in [6, 6.07) is 17.8. The smallest absolute Gasteiger partial charge is 0.0535 e. The summed E-state index contributed by atoms with van der Waals surface area (Å²) >= 11 is 0. The molecule has 5 rings (SSSR count). The van der Waals surface area contributed by atoms with Crippen LogP contribution in [-0.4, -0.2) is 23.1 Å². The second kappa shape index (κ2) is 5.09. The highest BCUT2D eigenvalue weighted by molar-refractivity contribution is 5.92. The number of fused-ring (bicyclic) bond motifs is 3. The first-order chi connectivity index (χ1) is 12.1. The Morgan fingerprint density at radius 1 is 1.04 bits per heavy atom. The zero-order chi connectivity index (χ0) is 17.2. The molecule has 2 aliphatic rings. The summed E-state index contributed by atoms with van der Waals surface area (Å²) in [6.07, 6.45) is 3.55. The fourth-order valence-corrected chi connectivity index (χ4v) is 4.94. The summed E-state index contributed by atoms with van der Waals surface area (Å²) < 4.78 is 2.55. The summed E-state index contributed by atoms with van der Waals surface area (Å²) in [5.74, 6) is 0. The first kappa shape index (κ1) is 15.0. The van der Waals surface area contributed by atoms with Gasteiger partial charge in [0.05, 0.1) is 5.52 Å². The van der Waals surface area contributed by atoms with Crippen molar-refractivity contribution < 1.29 is 0 Å². The van der Waals surface area contributed by atoms with Crippen LogP contribution in [-0.2, 0) is 12.0 Å². The molecule has 2 heteroatoms. The molecule has 1 unspecified atom stereocenters. The van der Waals surface area contributed by atoms with Gasteiger partial charge in [-0.15, -0.1) is 0 Å². The summed E-state index contributed by atoms with van der Waals surface area (Å²) in [7, 11) is 2.25. The minimum Gasteiger partial charge on any atom is -0.312 e. The highest BCUT2D eigenvalue weighted by Crippen LogP contribution is 2.47. The van der Waals surface area contributed by atoms with Gasteiger partial charge in [-0.05, 0) is 43.7 Å². The molecule has 25 heavy (non-hydrogen) atoms. The maximum atomic E-state index is 2.55. The first-order valence-electron chi connectivity index (χ1n) is 9.16. The summed E-state index contributed by atoms with van der Waals surface area (Å²) in [5, 5.41) is 1.43. The number of likely N-dealkylation sites (N-methyl/N-ethyl adjacent to an activating group) is 1. The third-order valence-corrected chi connectivity index (χ3v) is 5.90. The van der Waals surface area contributed by atoms with Gasteiger partial charge in [-0.25, -0.2) is 0 Å². The van der Waals surface area contributed by atoms with Crippen molar-refractivity contribution in [3.8, 4) is 0 Å². The zero-order valence-electron chi connectivity index (χ0n) is 15.2. The van der Waals surface area contributed by atoms with E-state index in [4.69, 9.17) is 0 Å². The van der Waals surface area contributed by atoms with Crippen molar-refractivity contribution >= 4 is 16.6 Å². The monoisotopic (exact) mass is 328 g/mol. The van der Waals surface area contributed by atoms with Crippen LogP contribution >= 0.6 is 0 Å². The van der Waals surface area contributed by atoms with Crippen molar-refractivity contribution in [3.05, 3.63) is 77.0 Å². The van der Waals surface area contributed by atoms with Gasteiger partial charge in [0.1, 0.15) is 0 Å². The topological polar surface area (TPSA) is 8.17 Å². The Morgan fingerprint density at radius 3 is 2.64 bits per heavy atom. The standard InChI is InChI=1S/C23H24N2/c1-16-9-10-21-18(13-16)19-14-24(3)15-23(2)12-11-20(25(21)22(19)23)17-7-5-4-6-8-17/h4-11,13H,12,14-15H2,1-3H3. The van der Waals surface area contributed by atoms with Gasteiger partial charge >= 0.3 is 0 Å². The molecule has 0 saturated heterocycles. The molecule has 0 fully saturated rings. The molecule has 0 saturated carbocycles. The normalized spacial score (nSPS) is 22.8. The molecular formula is C23H24N2. The van der Waals surface area contributed by atoms with Gasteiger partial charge in [-0.2, -0.15) is 0 Å². The fraction of sp³-hybridized carbons (Fsp3) is 0.304. The Kier molecular flexibility index (Phi) is 3.05. The van der Waals surface area contributed by atoms with Gasteiger partial charge in [0.2, 0.25) is 0 Å². The van der Waals surface area contributed by atoms with Crippen molar-refractivity contribution in [2.75, 3.05) is 13.6 Å². The van der Waals surface area contributed by atoms with Crippen molar-refractivity contribution in [2.45, 2.75) is 32.2 Å². The minimum atomic E-state index is 0.188. The molecule has 0 radical (unpaired) electrons. The van der Waals surface area contributed by atoms with E-state index in [0.29, 0.717) is 0 Å². The molecule has 0 bridgehead atoms. The van der Waals surface area contributed by atoms with Crippen LogP contribution in [0.15, 0.2) is 54.6 Å². The number of hydrogen-bond donors (Lipinski definition) is 0. The first-order valence-corrected chi connectivity index (χ1v) is 9.16. The second-order valence-electron chi connectivity index (χ2n) is 8.08. The number of aromatic nitrogens is 1. The predicted octanol–water partition coefficient (Wildman–Crippen LogP) is 4.95. The van der Waals surface area contributed by atoms with Gasteiger partial charge in [0.15, 0.2) is 0 Å². The fourth-order valence-electron chi connectivity index (χ4n) is 4.94. The average molecular weight is 328 g/mol. The number of hydrogen-bond acceptors (Lipinski definition) is 1. The highest BCUT2D eigenvalue weighted by atomic mass is 15.1. The van der Waals surface area contributed by atoms with E-state index in [9.17, 15) is 0 Å². The van der Waals surface area contributed by atoms with E-state index in [-0.39, 0.29) is 5.41 Å². The van der Waals surface area contributed by atoms with Crippen LogP contribution in [0.4, 0.5) is 0 Å². The molecule has 2 nitrogen and oxygen atoms in total. The van der Waals surface area contributed by atoms with Crippen LogP contribution in [0, 0.1) is 6.92 Å². The van der Waals surface area contributed by atoms with Gasteiger partial charge in [-0.3, -0.25) is 0 Å². The van der Waals surface area contributed by atoms with E-state index in [1.54, 1.807) is 0 Å². The SMILES string of the molecule is Cc1ccc2c(c1)c1c3n2C(c2ccccc2)=CCC3(C)CN(C)C1. The summed E-state index contributed by atoms with van der Waals surface area (Å²) in [4.78, 5) is 2.48. The molecule has 126 valence electrons. The van der Waals surface area contributed by atoms with Crippen LogP contribution in [0.2, 0.25) is 0 Å². The lowest BCUT2D eigenvalue weighted by Gasteiger charge is -2.42. The van der Waals surface area contributed by atoms with Gasteiger partial charge in [0, 0.05) is 35.3 Å². The number of nitrogens with zero attached hydrogens (tertiary/aromatic N) is 2. The Bertz CT molecular complexity index is 1010. The third-order valence-electron chi connectivity index (χ3n) is 5.90. The van der Waals surface area contributed by atoms with Crippen LogP contribution in [0.3, 0.4) is 0 Å². The lowest BCUT2D eigenvalue weighted by Crippen LogP contribution is -2.44. The van der Waals surface area contributed by atoms with E-state index >= 15 is 0 Å². The van der Waals surface area contributed by atoms with Crippen molar-refractivity contribution in [1.29, 1.82) is 0 Å². The molecule has 0 N–H and O–H groups in total. The lowest BCUT2D eigenvalue weighted by atomic mass is 9.76. The van der Waals surface area contributed by atoms with Crippen LogP contribution in [0.25, 0.3) is 16.6 Å². The van der Waals surface area contributed by atoms with Gasteiger partial charge < -0.3 is 9.47 Å². The largest absolute Gasteiger partial charge is 0.312 e. The summed E-state index contributed by atoms with van der Waals surface area (Å²) in [6.45, 7) is 6.79. The molecule has 0 amide bonds. The second-order valence-corrected chi connectivity index (χ2v) is 8.08. The van der Waals surface area contributed by atoms with Crippen LogP contribution < -0.4 is 0 Å². The molecule has 2 aromatic carbocycles. The molecule has 0 spiro atoms. The average Bonchev–Trinajstić information content (AvgIpc) is 2.91. The van der Waals surface area contributed by atoms with E-state index in [1.807, 2.05) is 0 Å². The lowest BCUT2D eigenvalue weighted by molar-refractivity contribution is 0.217. The molecular weight excluding hydrogens is 304 g/mol. The minimum absolute atomic E-state index is 0.188. The van der Waals surface area contributed by atoms with Gasteiger partial charge in [-0.1, -0.05) is 55.0 Å². The summed E-state index contributed by atoms with van der Waals surface area (Å²) in [5.41, 5.74) is 8.59. The molecule has 2 aliphatic heterocycles. The van der Waals surface area contributed by atoms with E-state index in [0.717, 1.165) is 19.5 Å². The molecule has 3 aromatic rings. The molecule has 1 atom stereocenters. The van der Waals surface area contributed by atoms with E-state index in [1.165, 1.54) is 39.0 Å². The third kappa shape index (κ3) is 2.07. The van der Waals surface area contributed by atoms with Crippen LogP contribution in [0.1, 0.15) is 35.7 Å². The van der Waals surface area contributed by atoms with Crippen molar-refractivity contribution in [2.24, 2.45) is 0 Å². The predicted molar refractivity (Wildman–Crippen MR) is 105 cm³/mol. The Hall–Kier alpha value is -2.32. The number of allylic oxidation sites excluding steroid dienone is 1. The number of benzene rings is 2. The van der Waals surface area contributed by atoms with Crippen molar-refractivity contribution in [3.63, 3.8) is 0 Å². The van der Waals surface area contributed by atoms with Crippen molar-refractivity contribution in [1.82, 2.24) is 9.47 Å². The number of aryl methyl sites for hydroxylation is 1. The molecule has 0 aliphatic carbocycles. The highest BCUT2D eigenvalue weighted by Gasteiger charge is 2.41. The Balaban J connectivity index is 1.88. The Morgan fingerprint density at radius 2 is 1.84 bits per heavy atom. The quantitative estimate of drug-likeness (QED) is 0.614. The van der Waals surface area contributed by atoms with Gasteiger partial charge in [0.25, 0.3) is 0 Å². The molecule has 3 heterocycles. The maximum Gasteiger partial charge on any atom is 0.0535 e. The van der Waals surface area contributed by atoms with Crippen LogP contribution in [0.5, 0.6) is 0 Å².